The van der Waals surface area contributed by atoms with E-state index in [2.05, 4.69) is 39.6 Å². The molecule has 0 aromatic carbocycles. The average Bonchev–Trinajstić information content (AvgIpc) is 2.02. The number of aliphatic imine (C=N–C) groups is 1. The molecule has 0 fully saturated rings. The Morgan fingerprint density at radius 1 is 1.42 bits per heavy atom. The summed E-state index contributed by atoms with van der Waals surface area (Å²) in [7, 11) is 1.88. The zero-order valence-corrected chi connectivity index (χ0v) is 9.44. The third-order valence-electron chi connectivity index (χ3n) is 2.87. The van der Waals surface area contributed by atoms with Crippen LogP contribution in [-0.2, 0) is 0 Å². The van der Waals surface area contributed by atoms with Gasteiger partial charge >= 0.3 is 0 Å². The molecule has 0 aromatic heterocycles. The lowest BCUT2D eigenvalue weighted by Gasteiger charge is -2.27. The van der Waals surface area contributed by atoms with Crippen molar-refractivity contribution in [1.29, 1.82) is 0 Å². The molecule has 0 saturated carbocycles. The van der Waals surface area contributed by atoms with Crippen molar-refractivity contribution in [1.82, 2.24) is 0 Å². The second kappa shape index (κ2) is 4.64. The van der Waals surface area contributed by atoms with E-state index in [0.29, 0.717) is 0 Å². The van der Waals surface area contributed by atoms with E-state index in [1.54, 1.807) is 0 Å². The Morgan fingerprint density at radius 3 is 2.25 bits per heavy atom. The van der Waals surface area contributed by atoms with Gasteiger partial charge in [0.1, 0.15) is 0 Å². The van der Waals surface area contributed by atoms with E-state index in [1.165, 1.54) is 18.6 Å². The second-order valence-corrected chi connectivity index (χ2v) is 4.41. The van der Waals surface area contributed by atoms with Gasteiger partial charge in [-0.15, -0.1) is 0 Å². The minimum absolute atomic E-state index is 0.282. The SMILES string of the molecule is CCC(C)CC(C)(C)/C(C)=N\C. The predicted octanol–water partition coefficient (Wildman–Crippen LogP) is 3.54. The molecule has 1 atom stereocenters. The van der Waals surface area contributed by atoms with Crippen LogP contribution in [0.25, 0.3) is 0 Å². The van der Waals surface area contributed by atoms with Gasteiger partial charge in [-0.3, -0.25) is 4.99 Å². The normalized spacial score (nSPS) is 16.3. The highest BCUT2D eigenvalue weighted by molar-refractivity contribution is 5.87. The van der Waals surface area contributed by atoms with Crippen molar-refractivity contribution >= 4 is 5.71 Å². The molecule has 0 N–H and O–H groups in total. The highest BCUT2D eigenvalue weighted by Gasteiger charge is 2.22. The van der Waals surface area contributed by atoms with Gasteiger partial charge in [0.25, 0.3) is 0 Å². The van der Waals surface area contributed by atoms with Crippen LogP contribution in [0.1, 0.15) is 47.5 Å². The number of rotatable bonds is 4. The molecule has 12 heavy (non-hydrogen) atoms. The largest absolute Gasteiger partial charge is 0.297 e. The lowest BCUT2D eigenvalue weighted by atomic mass is 9.79. The van der Waals surface area contributed by atoms with E-state index < -0.39 is 0 Å². The highest BCUT2D eigenvalue weighted by atomic mass is 14.7. The molecule has 0 spiro atoms. The Balaban J connectivity index is 4.22. The van der Waals surface area contributed by atoms with Gasteiger partial charge in [0, 0.05) is 18.2 Å². The first-order valence-corrected chi connectivity index (χ1v) is 4.88. The third kappa shape index (κ3) is 3.38. The first kappa shape index (κ1) is 11.7. The van der Waals surface area contributed by atoms with Gasteiger partial charge in [-0.05, 0) is 19.3 Å². The second-order valence-electron chi connectivity index (χ2n) is 4.41. The summed E-state index contributed by atoms with van der Waals surface area (Å²) < 4.78 is 0. The van der Waals surface area contributed by atoms with Crippen LogP contribution in [0.2, 0.25) is 0 Å². The summed E-state index contributed by atoms with van der Waals surface area (Å²) in [5.41, 5.74) is 1.55. The van der Waals surface area contributed by atoms with Crippen molar-refractivity contribution < 1.29 is 0 Å². The molecule has 0 aliphatic carbocycles. The molecule has 72 valence electrons. The fourth-order valence-corrected chi connectivity index (χ4v) is 1.47. The molecule has 0 heterocycles. The Hall–Kier alpha value is -0.330. The maximum Gasteiger partial charge on any atom is 0.0276 e. The molecule has 0 radical (unpaired) electrons. The zero-order valence-electron chi connectivity index (χ0n) is 9.44. The maximum atomic E-state index is 4.26. The summed E-state index contributed by atoms with van der Waals surface area (Å²) in [6.45, 7) is 11.2. The fourth-order valence-electron chi connectivity index (χ4n) is 1.47. The fraction of sp³-hybridized carbons (Fsp3) is 0.909. The van der Waals surface area contributed by atoms with Crippen LogP contribution in [0, 0.1) is 11.3 Å². The minimum atomic E-state index is 0.282. The van der Waals surface area contributed by atoms with E-state index in [0.717, 1.165) is 5.92 Å². The molecule has 1 heteroatoms. The van der Waals surface area contributed by atoms with Crippen LogP contribution in [-0.4, -0.2) is 12.8 Å². The van der Waals surface area contributed by atoms with Gasteiger partial charge < -0.3 is 0 Å². The van der Waals surface area contributed by atoms with Gasteiger partial charge in [-0.1, -0.05) is 34.1 Å². The lowest BCUT2D eigenvalue weighted by molar-refractivity contribution is 0.365. The van der Waals surface area contributed by atoms with Crippen LogP contribution >= 0.6 is 0 Å². The molecule has 0 bridgehead atoms. The molecule has 0 aliphatic heterocycles. The Kier molecular flexibility index (Phi) is 4.51. The molecule has 0 aromatic rings. The number of hydrogen-bond acceptors (Lipinski definition) is 1. The van der Waals surface area contributed by atoms with Crippen LogP contribution in [0.3, 0.4) is 0 Å². The Bertz CT molecular complexity index is 156. The quantitative estimate of drug-likeness (QED) is 0.571. The minimum Gasteiger partial charge on any atom is -0.297 e. The topological polar surface area (TPSA) is 12.4 Å². The predicted molar refractivity (Wildman–Crippen MR) is 56.9 cm³/mol. The summed E-state index contributed by atoms with van der Waals surface area (Å²) in [6, 6.07) is 0. The standard InChI is InChI=1S/C11H23N/c1-7-9(2)8-11(4,5)10(3)12-6/h9H,7-8H2,1-6H3/b12-10-. The van der Waals surface area contributed by atoms with Gasteiger partial charge in [-0.25, -0.2) is 0 Å². The summed E-state index contributed by atoms with van der Waals surface area (Å²) >= 11 is 0. The summed E-state index contributed by atoms with van der Waals surface area (Å²) in [5, 5.41) is 0. The van der Waals surface area contributed by atoms with Crippen molar-refractivity contribution in [3.8, 4) is 0 Å². The van der Waals surface area contributed by atoms with Crippen molar-refractivity contribution in [3.63, 3.8) is 0 Å². The van der Waals surface area contributed by atoms with E-state index in [4.69, 9.17) is 0 Å². The van der Waals surface area contributed by atoms with Gasteiger partial charge in [0.05, 0.1) is 0 Å². The Labute approximate surface area is 77.3 Å². The smallest absolute Gasteiger partial charge is 0.0276 e. The van der Waals surface area contributed by atoms with Crippen molar-refractivity contribution in [3.05, 3.63) is 0 Å². The first-order valence-electron chi connectivity index (χ1n) is 4.88. The monoisotopic (exact) mass is 169 g/mol. The molecule has 0 amide bonds. The van der Waals surface area contributed by atoms with Crippen molar-refractivity contribution in [2.24, 2.45) is 16.3 Å². The average molecular weight is 169 g/mol. The van der Waals surface area contributed by atoms with E-state index in [-0.39, 0.29) is 5.41 Å². The first-order chi connectivity index (χ1) is 5.44. The number of nitrogens with zero attached hydrogens (tertiary/aromatic N) is 1. The zero-order chi connectivity index (χ0) is 9.78. The van der Waals surface area contributed by atoms with Gasteiger partial charge in [0.15, 0.2) is 0 Å². The molecule has 0 saturated heterocycles. The Morgan fingerprint density at radius 2 is 1.92 bits per heavy atom. The van der Waals surface area contributed by atoms with E-state index >= 15 is 0 Å². The third-order valence-corrected chi connectivity index (χ3v) is 2.87. The van der Waals surface area contributed by atoms with Crippen LogP contribution in [0.15, 0.2) is 4.99 Å². The molecular weight excluding hydrogens is 146 g/mol. The molecular formula is C11H23N. The van der Waals surface area contributed by atoms with Crippen LogP contribution in [0.5, 0.6) is 0 Å². The van der Waals surface area contributed by atoms with Gasteiger partial charge in [0.2, 0.25) is 0 Å². The van der Waals surface area contributed by atoms with Crippen LogP contribution < -0.4 is 0 Å². The summed E-state index contributed by atoms with van der Waals surface area (Å²) in [6.07, 6.45) is 2.51. The highest BCUT2D eigenvalue weighted by Crippen LogP contribution is 2.28. The molecule has 0 aliphatic rings. The van der Waals surface area contributed by atoms with Gasteiger partial charge in [-0.2, -0.15) is 0 Å². The molecule has 0 rings (SSSR count). The number of hydrogen-bond donors (Lipinski definition) is 0. The molecule has 1 unspecified atom stereocenters. The van der Waals surface area contributed by atoms with E-state index in [9.17, 15) is 0 Å². The van der Waals surface area contributed by atoms with Crippen LogP contribution in [0.4, 0.5) is 0 Å². The lowest BCUT2D eigenvalue weighted by Crippen LogP contribution is -2.24. The summed E-state index contributed by atoms with van der Waals surface area (Å²) in [4.78, 5) is 4.26. The van der Waals surface area contributed by atoms with Crippen molar-refractivity contribution in [2.45, 2.75) is 47.5 Å². The summed E-state index contributed by atoms with van der Waals surface area (Å²) in [5.74, 6) is 0.802. The van der Waals surface area contributed by atoms with Crippen molar-refractivity contribution in [2.75, 3.05) is 7.05 Å². The van der Waals surface area contributed by atoms with E-state index in [1.807, 2.05) is 7.05 Å². The molecule has 1 nitrogen and oxygen atoms in total. The maximum absolute atomic E-state index is 4.26.